The van der Waals surface area contributed by atoms with E-state index in [-0.39, 0.29) is 28.8 Å². The van der Waals surface area contributed by atoms with Crippen LogP contribution in [0.1, 0.15) is 30.1 Å². The van der Waals surface area contributed by atoms with Gasteiger partial charge in [-0.1, -0.05) is 29.4 Å². The van der Waals surface area contributed by atoms with Gasteiger partial charge in [-0.2, -0.15) is 13.2 Å². The maximum atomic E-state index is 13.3. The minimum absolute atomic E-state index is 0.0940. The predicted molar refractivity (Wildman–Crippen MR) is 118 cm³/mol. The van der Waals surface area contributed by atoms with Crippen LogP contribution in [0.3, 0.4) is 0 Å². The summed E-state index contributed by atoms with van der Waals surface area (Å²) in [6.07, 6.45) is -0.396. The molecule has 5 rings (SSSR count). The first-order chi connectivity index (χ1) is 15.8. The van der Waals surface area contributed by atoms with Crippen LogP contribution in [0.25, 0.3) is 11.0 Å². The van der Waals surface area contributed by atoms with Crippen molar-refractivity contribution in [2.24, 2.45) is 5.92 Å². The summed E-state index contributed by atoms with van der Waals surface area (Å²) >= 11 is -1.19. The smallest absolute Gasteiger partial charge is 0.431 e. The molecular formula is C22H23F3N4O3S. The van der Waals surface area contributed by atoms with E-state index in [0.29, 0.717) is 38.4 Å². The molecule has 0 radical (unpaired) electrons. The zero-order valence-corrected chi connectivity index (χ0v) is 18.6. The Morgan fingerprint density at radius 2 is 1.97 bits per heavy atom. The van der Waals surface area contributed by atoms with Crippen molar-refractivity contribution in [2.45, 2.75) is 29.8 Å². The number of rotatable bonds is 4. The van der Waals surface area contributed by atoms with E-state index in [2.05, 4.69) is 20.3 Å². The number of para-hydroxylation sites is 1. The fourth-order valence-electron chi connectivity index (χ4n) is 4.94. The van der Waals surface area contributed by atoms with Crippen molar-refractivity contribution in [1.29, 1.82) is 0 Å². The number of aromatic nitrogens is 3. The molecule has 11 heteroatoms. The van der Waals surface area contributed by atoms with E-state index in [1.165, 1.54) is 6.33 Å². The topological polar surface area (TPSA) is 95.1 Å². The van der Waals surface area contributed by atoms with Gasteiger partial charge in [-0.05, 0) is 12.1 Å². The summed E-state index contributed by atoms with van der Waals surface area (Å²) in [4.78, 5) is 10.6. The number of fused-ring (bicyclic) bond motifs is 2. The van der Waals surface area contributed by atoms with E-state index >= 15 is 0 Å². The highest BCUT2D eigenvalue weighted by Crippen LogP contribution is 2.48. The van der Waals surface area contributed by atoms with Crippen molar-refractivity contribution in [3.05, 3.63) is 47.9 Å². The van der Waals surface area contributed by atoms with Crippen molar-refractivity contribution in [3.63, 3.8) is 0 Å². The fourth-order valence-corrected chi connectivity index (χ4v) is 6.31. The van der Waals surface area contributed by atoms with Gasteiger partial charge in [0.15, 0.2) is 0 Å². The van der Waals surface area contributed by atoms with Crippen LogP contribution in [0.5, 0.6) is 5.75 Å². The highest BCUT2D eigenvalue weighted by Gasteiger charge is 2.54. The third-order valence-electron chi connectivity index (χ3n) is 6.69. The minimum atomic E-state index is -4.53. The van der Waals surface area contributed by atoms with Crippen molar-refractivity contribution < 1.29 is 27.2 Å². The normalized spacial score (nSPS) is 23.5. The number of aromatic amines is 1. The summed E-state index contributed by atoms with van der Waals surface area (Å²) in [6, 6.07) is 8.16. The number of nitrogens with zero attached hydrogens (tertiary/aromatic N) is 2. The second kappa shape index (κ2) is 8.37. The van der Waals surface area contributed by atoms with E-state index in [4.69, 9.17) is 9.47 Å². The van der Waals surface area contributed by atoms with Crippen LogP contribution in [0.15, 0.2) is 36.7 Å². The highest BCUT2D eigenvalue weighted by molar-refractivity contribution is 7.92. The monoisotopic (exact) mass is 480 g/mol. The number of benzene rings is 1. The van der Waals surface area contributed by atoms with E-state index in [1.807, 2.05) is 24.3 Å². The first-order valence-electron chi connectivity index (χ1n) is 10.6. The third kappa shape index (κ3) is 3.91. The summed E-state index contributed by atoms with van der Waals surface area (Å²) in [7, 11) is 0. The molecule has 0 aliphatic carbocycles. The lowest BCUT2D eigenvalue weighted by Gasteiger charge is -2.47. The van der Waals surface area contributed by atoms with Crippen LogP contribution in [0.2, 0.25) is 0 Å². The maximum absolute atomic E-state index is 13.3. The Hall–Kier alpha value is -2.50. The number of anilines is 1. The largest absolute Gasteiger partial charge is 0.616 e. The molecule has 3 atom stereocenters. The maximum Gasteiger partial charge on any atom is 0.431 e. The molecule has 3 aromatic rings. The number of H-pyrrole nitrogens is 1. The molecule has 2 aliphatic rings. The molecule has 1 saturated heterocycles. The van der Waals surface area contributed by atoms with Crippen molar-refractivity contribution >= 4 is 28.0 Å². The van der Waals surface area contributed by atoms with Gasteiger partial charge < -0.3 is 24.3 Å². The fraction of sp³-hybridized carbons (Fsp3) is 0.455. The van der Waals surface area contributed by atoms with Crippen LogP contribution in [0.4, 0.5) is 19.0 Å². The van der Waals surface area contributed by atoms with E-state index in [9.17, 15) is 17.7 Å². The highest BCUT2D eigenvalue weighted by atomic mass is 32.2. The summed E-state index contributed by atoms with van der Waals surface area (Å²) in [5.41, 5.74) is 0.0560. The van der Waals surface area contributed by atoms with Crippen LogP contribution in [0, 0.1) is 5.92 Å². The van der Waals surface area contributed by atoms with Gasteiger partial charge in [0.05, 0.1) is 43.4 Å². The predicted octanol–water partition coefficient (Wildman–Crippen LogP) is 4.07. The molecule has 0 bridgehead atoms. The molecule has 0 saturated carbocycles. The van der Waals surface area contributed by atoms with E-state index < -0.39 is 27.8 Å². The number of ether oxygens (including phenoxy) is 2. The van der Waals surface area contributed by atoms with Gasteiger partial charge in [0.1, 0.15) is 34.0 Å². The zero-order valence-electron chi connectivity index (χ0n) is 17.8. The van der Waals surface area contributed by atoms with Gasteiger partial charge in [-0.3, -0.25) is 0 Å². The summed E-state index contributed by atoms with van der Waals surface area (Å²) in [6.45, 7) is 1.31. The molecule has 0 spiro atoms. The Morgan fingerprint density at radius 3 is 2.70 bits per heavy atom. The van der Waals surface area contributed by atoms with Crippen molar-refractivity contribution in [2.75, 3.05) is 31.4 Å². The Labute approximate surface area is 191 Å². The molecular weight excluding hydrogens is 457 g/mol. The van der Waals surface area contributed by atoms with Crippen molar-refractivity contribution in [1.82, 2.24) is 15.0 Å². The zero-order chi connectivity index (χ0) is 23.2. The summed E-state index contributed by atoms with van der Waals surface area (Å²) < 4.78 is 64.0. The second-order valence-electron chi connectivity index (χ2n) is 8.37. The standard InChI is InChI=1S/C22H23F3N4O3S/c1-33(30)21(6-8-31-9-7-21)15-11-32-16-5-3-2-4-13(16)18(15)29-20-14-10-17(22(23,24)25)28-19(14)26-12-27-20/h2-5,10,12,15,18H,6-9,11H2,1H3,(H2,26,27,28,29)/t15-,18-,33?/m0/s1. The Morgan fingerprint density at radius 1 is 1.21 bits per heavy atom. The average molecular weight is 481 g/mol. The van der Waals surface area contributed by atoms with Gasteiger partial charge >= 0.3 is 6.18 Å². The first-order valence-corrected chi connectivity index (χ1v) is 12.2. The van der Waals surface area contributed by atoms with Crippen LogP contribution < -0.4 is 10.1 Å². The molecule has 1 aromatic carbocycles. The van der Waals surface area contributed by atoms with Crippen LogP contribution in [-0.2, 0) is 22.1 Å². The molecule has 2 aliphatic heterocycles. The summed E-state index contributed by atoms with van der Waals surface area (Å²) in [5.74, 6) is 0.751. The number of hydrogen-bond acceptors (Lipinski definition) is 6. The molecule has 1 fully saturated rings. The van der Waals surface area contributed by atoms with E-state index in [0.717, 1.165) is 11.6 Å². The van der Waals surface area contributed by atoms with Gasteiger partial charge in [0.2, 0.25) is 0 Å². The molecule has 0 amide bonds. The summed E-state index contributed by atoms with van der Waals surface area (Å²) in [5, 5.41) is 3.62. The van der Waals surface area contributed by atoms with Gasteiger partial charge in [-0.15, -0.1) is 0 Å². The third-order valence-corrected chi connectivity index (χ3v) is 8.54. The van der Waals surface area contributed by atoms with Crippen LogP contribution >= 0.6 is 0 Å². The van der Waals surface area contributed by atoms with E-state index in [1.54, 1.807) is 6.26 Å². The Bertz CT molecular complexity index is 1150. The molecule has 33 heavy (non-hydrogen) atoms. The SMILES string of the molecule is C[S+]([O-])C1([C@H]2COc3ccccc3[C@@H]2Nc2ncnc3[nH]c(C(F)(F)F)cc23)CCOCC1. The quantitative estimate of drug-likeness (QED) is 0.547. The Balaban J connectivity index is 1.60. The first kappa shape index (κ1) is 22.3. The van der Waals surface area contributed by atoms with Gasteiger partial charge in [0.25, 0.3) is 0 Å². The average Bonchev–Trinajstić information content (AvgIpc) is 3.26. The number of halogens is 3. The molecule has 176 valence electrons. The number of nitrogens with one attached hydrogen (secondary N) is 2. The molecule has 4 heterocycles. The molecule has 2 N–H and O–H groups in total. The second-order valence-corrected chi connectivity index (χ2v) is 10.1. The van der Waals surface area contributed by atoms with Gasteiger partial charge in [-0.25, -0.2) is 9.97 Å². The molecule has 7 nitrogen and oxygen atoms in total. The Kier molecular flexibility index (Phi) is 5.66. The molecule has 1 unspecified atom stereocenters. The van der Waals surface area contributed by atoms with Gasteiger partial charge in [0, 0.05) is 18.4 Å². The lowest BCUT2D eigenvalue weighted by Crippen LogP contribution is -2.55. The lowest BCUT2D eigenvalue weighted by molar-refractivity contribution is -0.140. The molecule has 2 aromatic heterocycles. The minimum Gasteiger partial charge on any atom is -0.616 e. The number of alkyl halides is 3. The van der Waals surface area contributed by atoms with Crippen LogP contribution in [-0.4, -0.2) is 50.3 Å². The number of hydrogen-bond donors (Lipinski definition) is 2. The van der Waals surface area contributed by atoms with Crippen molar-refractivity contribution in [3.8, 4) is 5.75 Å². The lowest BCUT2D eigenvalue weighted by atomic mass is 9.76.